The van der Waals surface area contributed by atoms with E-state index in [0.29, 0.717) is 0 Å². The van der Waals surface area contributed by atoms with E-state index < -0.39 is 0 Å². The molecule has 2 fully saturated rings. The predicted molar refractivity (Wildman–Crippen MR) is 71.8 cm³/mol. The van der Waals surface area contributed by atoms with Crippen molar-refractivity contribution >= 4 is 0 Å². The molecule has 1 nitrogen and oxygen atoms in total. The molecule has 0 aromatic rings. The Kier molecular flexibility index (Phi) is 4.31. The fourth-order valence-corrected chi connectivity index (χ4v) is 1.85. The number of nitrogens with zero attached hydrogens (tertiary/aromatic N) is 1. The van der Waals surface area contributed by atoms with Gasteiger partial charge in [0.2, 0.25) is 0 Å². The first-order valence-electron chi connectivity index (χ1n) is 5.70. The topological polar surface area (TPSA) is 3.24 Å². The predicted octanol–water partition coefficient (Wildman–Crippen LogP) is 2.80. The number of rotatable bonds is 4. The number of hydrogen-bond acceptors (Lipinski definition) is 1. The van der Waals surface area contributed by atoms with E-state index >= 15 is 0 Å². The Morgan fingerprint density at radius 2 is 1.41 bits per heavy atom. The van der Waals surface area contributed by atoms with Crippen molar-refractivity contribution in [2.45, 2.75) is 0 Å². The van der Waals surface area contributed by atoms with Gasteiger partial charge >= 0.3 is 0 Å². The van der Waals surface area contributed by atoms with Gasteiger partial charge in [0.1, 0.15) is 0 Å². The molecule has 0 atom stereocenters. The molecular weight excluding hydrogens is 206 g/mol. The second-order valence-corrected chi connectivity index (χ2v) is 4.30. The van der Waals surface area contributed by atoms with E-state index in [1.165, 1.54) is 17.5 Å². The molecule has 2 aliphatic carbocycles. The van der Waals surface area contributed by atoms with Gasteiger partial charge in [-0.2, -0.15) is 0 Å². The molecule has 17 heavy (non-hydrogen) atoms. The fraction of sp³-hybridized carbons (Fsp3) is 0.125. The Morgan fingerprint density at radius 3 is 1.88 bits per heavy atom. The van der Waals surface area contributed by atoms with Crippen molar-refractivity contribution < 1.29 is 0 Å². The summed E-state index contributed by atoms with van der Waals surface area (Å²) in [6.45, 7) is 4.13. The van der Waals surface area contributed by atoms with Gasteiger partial charge in [-0.1, -0.05) is 6.58 Å². The highest BCUT2D eigenvalue weighted by molar-refractivity contribution is 5.55. The van der Waals surface area contributed by atoms with E-state index in [0.717, 1.165) is 5.57 Å². The van der Waals surface area contributed by atoms with Crippen LogP contribution < -0.4 is 0 Å². The first-order valence-corrected chi connectivity index (χ1v) is 5.70. The summed E-state index contributed by atoms with van der Waals surface area (Å²) in [5.41, 5.74) is 2.22. The molecule has 2 saturated carbocycles. The molecule has 0 bridgehead atoms. The van der Waals surface area contributed by atoms with Gasteiger partial charge in [0.05, 0.1) is 0 Å². The normalized spacial score (nSPS) is 23.3. The Bertz CT molecular complexity index is 289. The SMILES string of the molecule is C=C(/C=C(/[C]1[CH][CH][CH][CH]1)N(C)C)[C]1[CH][CH][CH][CH]1. The van der Waals surface area contributed by atoms with Crippen LogP contribution in [0.25, 0.3) is 0 Å². The zero-order valence-corrected chi connectivity index (χ0v) is 10.4. The first kappa shape index (κ1) is 12.7. The molecule has 0 saturated heterocycles. The monoisotopic (exact) mass is 223 g/mol. The lowest BCUT2D eigenvalue weighted by Crippen LogP contribution is -2.17. The lowest BCUT2D eigenvalue weighted by Gasteiger charge is -2.23. The molecule has 0 aliphatic heterocycles. The highest BCUT2D eigenvalue weighted by Gasteiger charge is 2.24. The summed E-state index contributed by atoms with van der Waals surface area (Å²) >= 11 is 0. The summed E-state index contributed by atoms with van der Waals surface area (Å²) in [4.78, 5) is 2.11. The molecule has 0 heterocycles. The first-order chi connectivity index (χ1) is 8.18. The third-order valence-electron chi connectivity index (χ3n) is 2.78. The van der Waals surface area contributed by atoms with Crippen LogP contribution in [0.1, 0.15) is 0 Å². The van der Waals surface area contributed by atoms with Gasteiger partial charge in [-0.25, -0.2) is 0 Å². The van der Waals surface area contributed by atoms with E-state index in [2.05, 4.69) is 70.2 Å². The zero-order valence-electron chi connectivity index (χ0n) is 10.4. The summed E-state index contributed by atoms with van der Waals surface area (Å²) < 4.78 is 0. The average molecular weight is 223 g/mol. The number of allylic oxidation sites excluding steroid dienone is 3. The summed E-state index contributed by atoms with van der Waals surface area (Å²) in [6.07, 6.45) is 18.7. The molecule has 0 aromatic carbocycles. The van der Waals surface area contributed by atoms with E-state index in [-0.39, 0.29) is 0 Å². The fourth-order valence-electron chi connectivity index (χ4n) is 1.85. The van der Waals surface area contributed by atoms with Gasteiger partial charge in [-0.15, -0.1) is 0 Å². The van der Waals surface area contributed by atoms with Gasteiger partial charge < -0.3 is 4.90 Å². The smallest absolute Gasteiger partial charge is 0.0287 e. The van der Waals surface area contributed by atoms with Gasteiger partial charge in [-0.05, 0) is 63.0 Å². The molecule has 86 valence electrons. The lowest BCUT2D eigenvalue weighted by atomic mass is 9.94. The van der Waals surface area contributed by atoms with E-state index in [9.17, 15) is 0 Å². The van der Waals surface area contributed by atoms with Crippen molar-refractivity contribution in [3.63, 3.8) is 0 Å². The number of hydrogen-bond donors (Lipinski definition) is 0. The van der Waals surface area contributed by atoms with Crippen LogP contribution >= 0.6 is 0 Å². The molecule has 2 aliphatic rings. The van der Waals surface area contributed by atoms with Crippen LogP contribution in [-0.4, -0.2) is 19.0 Å². The average Bonchev–Trinajstić information content (AvgIpc) is 2.97. The van der Waals surface area contributed by atoms with Crippen LogP contribution in [0.3, 0.4) is 0 Å². The van der Waals surface area contributed by atoms with Crippen LogP contribution in [0.2, 0.25) is 0 Å². The van der Waals surface area contributed by atoms with E-state index in [1.807, 2.05) is 12.8 Å². The summed E-state index contributed by atoms with van der Waals surface area (Å²) in [6, 6.07) is 0. The third kappa shape index (κ3) is 3.14. The minimum atomic E-state index is 1.04. The maximum atomic E-state index is 4.13. The van der Waals surface area contributed by atoms with Crippen LogP contribution in [0.4, 0.5) is 0 Å². The van der Waals surface area contributed by atoms with Crippen molar-refractivity contribution in [1.82, 2.24) is 4.90 Å². The van der Waals surface area contributed by atoms with Crippen molar-refractivity contribution in [3.05, 3.63) is 87.1 Å². The quantitative estimate of drug-likeness (QED) is 0.662. The minimum Gasteiger partial charge on any atom is -0.380 e. The van der Waals surface area contributed by atoms with Gasteiger partial charge in [0.25, 0.3) is 0 Å². The van der Waals surface area contributed by atoms with Crippen LogP contribution in [-0.2, 0) is 0 Å². The molecule has 0 unspecified atom stereocenters. The lowest BCUT2D eigenvalue weighted by molar-refractivity contribution is 0.511. The molecule has 0 aromatic heterocycles. The molecule has 0 spiro atoms. The zero-order chi connectivity index (χ0) is 12.3. The Morgan fingerprint density at radius 1 is 0.941 bits per heavy atom. The van der Waals surface area contributed by atoms with Gasteiger partial charge in [-0.3, -0.25) is 0 Å². The maximum Gasteiger partial charge on any atom is 0.0287 e. The van der Waals surface area contributed by atoms with Crippen LogP contribution in [0.15, 0.2) is 23.9 Å². The largest absolute Gasteiger partial charge is 0.380 e. The Labute approximate surface area is 107 Å². The van der Waals surface area contributed by atoms with Gasteiger partial charge in [0, 0.05) is 31.6 Å². The molecule has 2 rings (SSSR count). The van der Waals surface area contributed by atoms with Crippen LogP contribution in [0, 0.1) is 63.2 Å². The molecule has 1 heteroatoms. The van der Waals surface area contributed by atoms with E-state index in [1.54, 1.807) is 0 Å². The third-order valence-corrected chi connectivity index (χ3v) is 2.78. The minimum absolute atomic E-state index is 1.04. The second kappa shape index (κ2) is 5.75. The molecule has 10 radical (unpaired) electrons. The van der Waals surface area contributed by atoms with E-state index in [4.69, 9.17) is 0 Å². The van der Waals surface area contributed by atoms with Gasteiger partial charge in [0.15, 0.2) is 0 Å². The molecule has 0 N–H and O–H groups in total. The highest BCUT2D eigenvalue weighted by Crippen LogP contribution is 2.35. The van der Waals surface area contributed by atoms with Crippen molar-refractivity contribution in [1.29, 1.82) is 0 Å². The van der Waals surface area contributed by atoms with Crippen molar-refractivity contribution in [2.75, 3.05) is 14.1 Å². The second-order valence-electron chi connectivity index (χ2n) is 4.30. The molecule has 0 amide bonds. The summed E-state index contributed by atoms with van der Waals surface area (Å²) in [7, 11) is 4.11. The summed E-state index contributed by atoms with van der Waals surface area (Å²) in [5, 5.41) is 0. The highest BCUT2D eigenvalue weighted by atomic mass is 15.1. The van der Waals surface area contributed by atoms with Crippen molar-refractivity contribution in [3.8, 4) is 0 Å². The van der Waals surface area contributed by atoms with Crippen LogP contribution in [0.5, 0.6) is 0 Å². The Hall–Kier alpha value is -0.720. The standard InChI is InChI=1S/C16H17N/c1-13(14-8-4-5-9-14)12-16(17(2)3)15-10-6-7-11-15/h4-12H,1H2,2-3H3/b16-12-. The maximum absolute atomic E-state index is 4.13. The molecular formula is C16H17N. The summed E-state index contributed by atoms with van der Waals surface area (Å²) in [5.74, 6) is 2.40. The Balaban J connectivity index is 2.05. The van der Waals surface area contributed by atoms with Crippen molar-refractivity contribution in [2.24, 2.45) is 0 Å².